The molecule has 13 nitrogen and oxygen atoms in total. The number of benzene rings is 4. The van der Waals surface area contributed by atoms with Gasteiger partial charge in [-0.25, -0.2) is 15.0 Å². The summed E-state index contributed by atoms with van der Waals surface area (Å²) in [5, 5.41) is 3.63. The van der Waals surface area contributed by atoms with Crippen LogP contribution < -0.4 is 21.6 Å². The Morgan fingerprint density at radius 2 is 1.17 bits per heavy atom. The minimum atomic E-state index is -0.210. The first kappa shape index (κ1) is 48.6. The van der Waals surface area contributed by atoms with Gasteiger partial charge in [-0.2, -0.15) is 0 Å². The van der Waals surface area contributed by atoms with Crippen molar-refractivity contribution in [2.45, 2.75) is 44.6 Å². The summed E-state index contributed by atoms with van der Waals surface area (Å²) in [6.45, 7) is 1.34. The molecule has 2 aliphatic rings. The Kier molecular flexibility index (Phi) is 11.8. The Morgan fingerprint density at radius 3 is 1.96 bits per heavy atom. The van der Waals surface area contributed by atoms with Crippen molar-refractivity contribution in [3.8, 4) is 56.0 Å². The van der Waals surface area contributed by atoms with Gasteiger partial charge in [0.15, 0.2) is 0 Å². The Bertz CT molecular complexity index is 4900. The zero-order chi connectivity index (χ0) is 54.8. The van der Waals surface area contributed by atoms with Crippen LogP contribution in [0.1, 0.15) is 51.5 Å². The van der Waals surface area contributed by atoms with Crippen molar-refractivity contribution in [2.24, 2.45) is 0 Å². The first-order valence-electron chi connectivity index (χ1n) is 27.7. The number of hydrogen-bond acceptors (Lipinski definition) is 10. The highest BCUT2D eigenvalue weighted by Gasteiger charge is 2.27. The van der Waals surface area contributed by atoms with Gasteiger partial charge in [-0.15, -0.1) is 0 Å². The fourth-order valence-corrected chi connectivity index (χ4v) is 12.3. The summed E-state index contributed by atoms with van der Waals surface area (Å²) in [6.07, 6.45) is 9.85. The molecule has 4 aromatic carbocycles. The highest BCUT2D eigenvalue weighted by atomic mass is 16.1. The molecule has 1 atom stereocenters. The largest absolute Gasteiger partial charge is 0.365 e. The molecule has 1 aliphatic carbocycles. The fraction of sp³-hybridized carbons (Fsp3) is 0.116. The van der Waals surface area contributed by atoms with Crippen molar-refractivity contribution in [1.29, 1.82) is 0 Å². The van der Waals surface area contributed by atoms with Gasteiger partial charge in [0.25, 0.3) is 0 Å². The van der Waals surface area contributed by atoms with Gasteiger partial charge in [-0.05, 0) is 143 Å². The number of fused-ring (bicyclic) bond motifs is 6. The molecule has 13 heteroatoms. The lowest BCUT2D eigenvalue weighted by atomic mass is 9.80. The van der Waals surface area contributed by atoms with Crippen molar-refractivity contribution < 1.29 is 0 Å². The summed E-state index contributed by atoms with van der Waals surface area (Å²) in [4.78, 5) is 78.7. The zero-order valence-electron chi connectivity index (χ0n) is 44.4. The number of hydrogen-bond donors (Lipinski definition) is 3. The molecule has 13 aromatic rings. The number of nitrogens with one attached hydrogen (secondary N) is 3. The first-order valence-corrected chi connectivity index (χ1v) is 27.7. The van der Waals surface area contributed by atoms with Crippen molar-refractivity contribution in [2.75, 3.05) is 11.4 Å². The van der Waals surface area contributed by atoms with Crippen LogP contribution in [0.25, 0.3) is 100 Å². The van der Waals surface area contributed by atoms with E-state index in [2.05, 4.69) is 128 Å². The van der Waals surface area contributed by atoms with Crippen molar-refractivity contribution in [3.05, 3.63) is 265 Å². The summed E-state index contributed by atoms with van der Waals surface area (Å²) >= 11 is 0. The van der Waals surface area contributed by atoms with E-state index in [1.54, 1.807) is 12.1 Å². The molecule has 1 unspecified atom stereocenters. The van der Waals surface area contributed by atoms with E-state index >= 15 is 0 Å². The Labute approximate surface area is 469 Å². The fourth-order valence-electron chi connectivity index (χ4n) is 12.3. The van der Waals surface area contributed by atoms with E-state index in [9.17, 15) is 14.4 Å². The third-order valence-corrected chi connectivity index (χ3v) is 16.4. The van der Waals surface area contributed by atoms with E-state index < -0.39 is 0 Å². The van der Waals surface area contributed by atoms with Crippen LogP contribution in [0.2, 0.25) is 0 Å². The monoisotopic (exact) mass is 1070 g/mol. The Morgan fingerprint density at radius 1 is 0.488 bits per heavy atom. The highest BCUT2D eigenvalue weighted by molar-refractivity contribution is 5.95. The molecule has 1 aliphatic heterocycles. The summed E-state index contributed by atoms with van der Waals surface area (Å²) in [5.41, 5.74) is 20.2. The summed E-state index contributed by atoms with van der Waals surface area (Å²) in [6, 6.07) is 58.7. The van der Waals surface area contributed by atoms with Crippen LogP contribution in [-0.4, -0.2) is 51.4 Å². The average molecular weight is 1070 g/mol. The number of aryl methyl sites for hydroxylation is 1. The van der Waals surface area contributed by atoms with Crippen LogP contribution in [-0.2, 0) is 32.2 Å². The molecule has 3 N–H and O–H groups in total. The van der Waals surface area contributed by atoms with Crippen molar-refractivity contribution in [3.63, 3.8) is 0 Å². The number of H-pyrrole nitrogens is 3. The second-order valence-electron chi connectivity index (χ2n) is 21.5. The summed E-state index contributed by atoms with van der Waals surface area (Å²) in [5.74, 6) is 0.252. The van der Waals surface area contributed by atoms with Gasteiger partial charge in [0.2, 0.25) is 16.7 Å². The number of anilines is 1. The molecule has 0 fully saturated rings. The third-order valence-electron chi connectivity index (χ3n) is 16.4. The smallest absolute Gasteiger partial charge is 0.249 e. The standard InChI is InChI=1S/C69H50N10O3/c80-61-23-18-50-36-56(64(76-67(50)73-61)42-7-2-1-3-8-42)45-16-21-59-54(34-45)46(25-28-71-59)30-40-6-4-9-48(31-40)66-60(37-51-19-24-63(82)75-69(51)78-66)79-29-26-58-53(39-79)33-52(38-72-58)41-11-13-43(14-12-41)65-55(35-49-17-22-62(81)74-68(49)77-65)44-15-20-57-47(32-44)10-5-27-70-57/h1-14,16-19,21-25,27-28,31,33-38,44H,15,20,26,29-30,32,39H2,(H,73,76,80)(H,74,77,81)(H,75,78,82). The molecular formula is C69H50N10O3. The van der Waals surface area contributed by atoms with Gasteiger partial charge in [0.1, 0.15) is 16.9 Å². The lowest BCUT2D eigenvalue weighted by Gasteiger charge is -2.32. The number of rotatable bonds is 9. The van der Waals surface area contributed by atoms with Gasteiger partial charge in [0, 0.05) is 117 Å². The van der Waals surface area contributed by atoms with Crippen molar-refractivity contribution >= 4 is 49.7 Å². The van der Waals surface area contributed by atoms with E-state index in [0.717, 1.165) is 143 Å². The predicted molar refractivity (Wildman–Crippen MR) is 324 cm³/mol. The van der Waals surface area contributed by atoms with Crippen LogP contribution >= 0.6 is 0 Å². The molecule has 394 valence electrons. The lowest BCUT2D eigenvalue weighted by molar-refractivity contribution is 0.574. The molecule has 82 heavy (non-hydrogen) atoms. The van der Waals surface area contributed by atoms with Gasteiger partial charge < -0.3 is 19.9 Å². The third kappa shape index (κ3) is 9.07. The maximum Gasteiger partial charge on any atom is 0.249 e. The molecule has 9 aromatic heterocycles. The van der Waals surface area contributed by atoms with Crippen LogP contribution in [0.5, 0.6) is 0 Å². The quantitative estimate of drug-likeness (QED) is 0.126. The van der Waals surface area contributed by atoms with Crippen LogP contribution in [0.15, 0.2) is 209 Å². The minimum Gasteiger partial charge on any atom is -0.365 e. The van der Waals surface area contributed by atoms with E-state index in [1.807, 2.05) is 73.2 Å². The Balaban J connectivity index is 0.743. The molecule has 15 rings (SSSR count). The summed E-state index contributed by atoms with van der Waals surface area (Å²) in [7, 11) is 0. The maximum atomic E-state index is 12.8. The molecule has 0 amide bonds. The van der Waals surface area contributed by atoms with Crippen LogP contribution in [0.3, 0.4) is 0 Å². The van der Waals surface area contributed by atoms with Crippen molar-refractivity contribution in [1.82, 2.24) is 44.9 Å². The Hall–Kier alpha value is -10.5. The highest BCUT2D eigenvalue weighted by Crippen LogP contribution is 2.41. The second-order valence-corrected chi connectivity index (χ2v) is 21.5. The molecular weight excluding hydrogens is 1020 g/mol. The van der Waals surface area contributed by atoms with Gasteiger partial charge in [-0.3, -0.25) is 29.3 Å². The van der Waals surface area contributed by atoms with E-state index in [1.165, 1.54) is 22.9 Å². The number of nitrogens with zero attached hydrogens (tertiary/aromatic N) is 7. The van der Waals surface area contributed by atoms with E-state index in [0.29, 0.717) is 29.9 Å². The molecule has 0 radical (unpaired) electrons. The number of aromatic nitrogens is 9. The van der Waals surface area contributed by atoms with Crippen LogP contribution in [0.4, 0.5) is 5.69 Å². The molecule has 0 saturated carbocycles. The van der Waals surface area contributed by atoms with Gasteiger partial charge in [-0.1, -0.05) is 84.9 Å². The minimum absolute atomic E-state index is 0.178. The molecule has 10 heterocycles. The predicted octanol–water partition coefficient (Wildman–Crippen LogP) is 12.5. The maximum absolute atomic E-state index is 12.8. The average Bonchev–Trinajstić information content (AvgIpc) is 3.53. The van der Waals surface area contributed by atoms with Gasteiger partial charge in [0.05, 0.1) is 28.3 Å². The second kappa shape index (κ2) is 20.0. The lowest BCUT2D eigenvalue weighted by Crippen LogP contribution is -2.31. The van der Waals surface area contributed by atoms with Crippen LogP contribution in [0, 0.1) is 0 Å². The van der Waals surface area contributed by atoms with E-state index in [-0.39, 0.29) is 22.6 Å². The van der Waals surface area contributed by atoms with E-state index in [4.69, 9.17) is 24.9 Å². The molecule has 0 bridgehead atoms. The number of pyridine rings is 9. The summed E-state index contributed by atoms with van der Waals surface area (Å²) < 4.78 is 0. The van der Waals surface area contributed by atoms with Gasteiger partial charge >= 0.3 is 0 Å². The normalized spacial score (nSPS) is 14.1. The molecule has 0 spiro atoms. The number of aromatic amines is 3. The first-order chi connectivity index (χ1) is 40.3. The zero-order valence-corrected chi connectivity index (χ0v) is 44.4. The molecule has 0 saturated heterocycles. The topological polar surface area (TPSA) is 179 Å². The SMILES string of the molecule is O=c1ccc2cc(-c3ccc4nccc(Cc5cccc(-c6nc7[nH]c(=O)ccc7cc6N6CCc7ncc(-c8ccc(-c9nc%10[nH]c(=O)ccc%10cc9C9CCc%10ncccc%10C9)cc8)cc7C6)c5)c4c3)c(-c3ccccc3)nc2[nH]1.